The fraction of sp³-hybridized carbons (Fsp3) is 0.172. The van der Waals surface area contributed by atoms with Crippen LogP contribution in [0.25, 0.3) is 6.08 Å². The van der Waals surface area contributed by atoms with E-state index in [0.29, 0.717) is 17.0 Å². The van der Waals surface area contributed by atoms with Crippen molar-refractivity contribution in [3.05, 3.63) is 100 Å². The van der Waals surface area contributed by atoms with Crippen molar-refractivity contribution < 1.29 is 23.9 Å². The highest BCUT2D eigenvalue weighted by Gasteiger charge is 2.64. The zero-order valence-electron chi connectivity index (χ0n) is 19.7. The molecule has 3 aromatic carbocycles. The minimum atomic E-state index is -0.865. The molecular formula is C29H21BrN2O5. The van der Waals surface area contributed by atoms with Gasteiger partial charge in [-0.05, 0) is 65.7 Å². The van der Waals surface area contributed by atoms with Crippen molar-refractivity contribution in [2.24, 2.45) is 11.8 Å². The lowest BCUT2D eigenvalue weighted by Crippen LogP contribution is -2.44. The minimum absolute atomic E-state index is 0.269. The number of imide groups is 1. The van der Waals surface area contributed by atoms with Crippen LogP contribution >= 0.6 is 15.9 Å². The third-order valence-corrected chi connectivity index (χ3v) is 7.74. The highest BCUT2D eigenvalue weighted by molar-refractivity contribution is 9.10. The van der Waals surface area contributed by atoms with Crippen molar-refractivity contribution in [2.75, 3.05) is 4.90 Å². The molecular weight excluding hydrogens is 536 g/mol. The predicted octanol–water partition coefficient (Wildman–Crippen LogP) is 4.77. The lowest BCUT2D eigenvalue weighted by atomic mass is 9.83. The molecule has 2 amide bonds. The second-order valence-corrected chi connectivity index (χ2v) is 10.2. The molecule has 37 heavy (non-hydrogen) atoms. The van der Waals surface area contributed by atoms with Gasteiger partial charge in [0.2, 0.25) is 11.8 Å². The van der Waals surface area contributed by atoms with Gasteiger partial charge in [-0.25, -0.2) is 4.90 Å². The number of ketones is 1. The van der Waals surface area contributed by atoms with Gasteiger partial charge in [0.1, 0.15) is 11.8 Å². The molecule has 4 atom stereocenters. The summed E-state index contributed by atoms with van der Waals surface area (Å²) in [6.45, 7) is 1.30. The van der Waals surface area contributed by atoms with E-state index in [2.05, 4.69) is 15.9 Å². The number of anilines is 1. The number of halogens is 1. The minimum Gasteiger partial charge on any atom is -0.427 e. The van der Waals surface area contributed by atoms with Crippen molar-refractivity contribution in [3.8, 4) is 5.75 Å². The van der Waals surface area contributed by atoms with Crippen molar-refractivity contribution in [2.45, 2.75) is 19.0 Å². The molecule has 2 saturated heterocycles. The number of benzene rings is 3. The molecule has 7 nitrogen and oxygen atoms in total. The average molecular weight is 557 g/mol. The normalized spacial score (nSPS) is 23.5. The van der Waals surface area contributed by atoms with Crippen LogP contribution < -0.4 is 9.64 Å². The number of ether oxygens (including phenoxy) is 1. The molecule has 0 N–H and O–H groups in total. The molecule has 3 heterocycles. The van der Waals surface area contributed by atoms with E-state index in [4.69, 9.17) is 4.74 Å². The summed E-state index contributed by atoms with van der Waals surface area (Å²) in [4.78, 5) is 56.1. The summed E-state index contributed by atoms with van der Waals surface area (Å²) >= 11 is 3.39. The largest absolute Gasteiger partial charge is 0.427 e. The van der Waals surface area contributed by atoms with Crippen LogP contribution in [0, 0.1) is 11.8 Å². The molecule has 0 aromatic heterocycles. The van der Waals surface area contributed by atoms with E-state index >= 15 is 0 Å². The zero-order chi connectivity index (χ0) is 25.8. The van der Waals surface area contributed by atoms with Gasteiger partial charge < -0.3 is 9.64 Å². The topological polar surface area (TPSA) is 84.0 Å². The first-order valence-corrected chi connectivity index (χ1v) is 12.6. The highest BCUT2D eigenvalue weighted by Crippen LogP contribution is 2.53. The number of carbonyl (C=O) groups excluding carboxylic acids is 4. The molecule has 0 unspecified atom stereocenters. The Morgan fingerprint density at radius 3 is 2.24 bits per heavy atom. The van der Waals surface area contributed by atoms with Crippen molar-refractivity contribution >= 4 is 51.3 Å². The Hall–Kier alpha value is -4.04. The molecule has 0 bridgehead atoms. The summed E-state index contributed by atoms with van der Waals surface area (Å²) in [5, 5.41) is 0. The average Bonchev–Trinajstić information content (AvgIpc) is 3.37. The number of esters is 1. The molecule has 2 fully saturated rings. The molecule has 0 saturated carbocycles. The molecule has 3 aliphatic rings. The SMILES string of the molecule is CC(=O)Oc1ccc(C(=O)[C@@H]2[C@@H]3C(=O)N(c4ccc(Br)cc4)C(=O)[C@@H]3[C@@H]3c4ccccc4C=CN23)cc1. The Morgan fingerprint density at radius 1 is 0.865 bits per heavy atom. The number of amides is 2. The van der Waals surface area contributed by atoms with E-state index in [1.165, 1.54) is 11.8 Å². The maximum absolute atomic E-state index is 14.0. The van der Waals surface area contributed by atoms with Gasteiger partial charge in [-0.3, -0.25) is 19.2 Å². The fourth-order valence-electron chi connectivity index (χ4n) is 5.73. The van der Waals surface area contributed by atoms with Gasteiger partial charge in [0.15, 0.2) is 5.78 Å². The molecule has 3 aliphatic heterocycles. The van der Waals surface area contributed by atoms with Crippen LogP contribution in [0.3, 0.4) is 0 Å². The first-order chi connectivity index (χ1) is 17.8. The number of nitrogens with zero attached hydrogens (tertiary/aromatic N) is 2. The maximum atomic E-state index is 14.0. The standard InChI is InChI=1S/C29H21BrN2O5/c1-16(33)37-21-12-6-18(7-13-21)27(34)26-24-23(25-22-5-3-2-4-17(22)14-15-31(25)26)28(35)32(29(24)36)20-10-8-19(30)9-11-20/h2-15,23-26H,1H3/t23-,24+,25-,26-/m0/s1. The third-order valence-electron chi connectivity index (χ3n) is 7.22. The van der Waals surface area contributed by atoms with E-state index in [1.807, 2.05) is 41.4 Å². The number of rotatable bonds is 4. The molecule has 184 valence electrons. The van der Waals surface area contributed by atoms with E-state index in [1.54, 1.807) is 48.5 Å². The van der Waals surface area contributed by atoms with Crippen LogP contribution in [0.1, 0.15) is 34.5 Å². The first kappa shape index (κ1) is 23.4. The number of carbonyl (C=O) groups is 4. The third kappa shape index (κ3) is 3.71. The number of Topliss-reactive ketones (excluding diaryl/α,β-unsaturated/α-hetero) is 1. The Bertz CT molecular complexity index is 1480. The van der Waals surface area contributed by atoms with Gasteiger partial charge in [0.05, 0.1) is 23.6 Å². The number of hydrogen-bond donors (Lipinski definition) is 0. The molecule has 0 spiro atoms. The summed E-state index contributed by atoms with van der Waals surface area (Å²) in [5.74, 6) is -2.65. The summed E-state index contributed by atoms with van der Waals surface area (Å²) in [6.07, 6.45) is 3.74. The van der Waals surface area contributed by atoms with Gasteiger partial charge in [0, 0.05) is 23.2 Å². The van der Waals surface area contributed by atoms with Gasteiger partial charge in [-0.2, -0.15) is 0 Å². The predicted molar refractivity (Wildman–Crippen MR) is 140 cm³/mol. The van der Waals surface area contributed by atoms with E-state index in [9.17, 15) is 19.2 Å². The number of fused-ring (bicyclic) bond motifs is 5. The van der Waals surface area contributed by atoms with Crippen LogP contribution in [0.5, 0.6) is 5.75 Å². The van der Waals surface area contributed by atoms with Gasteiger partial charge in [-0.1, -0.05) is 40.2 Å². The molecule has 3 aromatic rings. The van der Waals surface area contributed by atoms with Gasteiger partial charge >= 0.3 is 5.97 Å². The molecule has 0 radical (unpaired) electrons. The second kappa shape index (κ2) is 8.81. The lowest BCUT2D eigenvalue weighted by molar-refractivity contribution is -0.132. The van der Waals surface area contributed by atoms with E-state index in [-0.39, 0.29) is 17.6 Å². The van der Waals surface area contributed by atoms with Crippen molar-refractivity contribution in [3.63, 3.8) is 0 Å². The Morgan fingerprint density at radius 2 is 1.54 bits per heavy atom. The van der Waals surface area contributed by atoms with Crippen LogP contribution in [-0.2, 0) is 14.4 Å². The van der Waals surface area contributed by atoms with Crippen LogP contribution in [0.4, 0.5) is 5.69 Å². The van der Waals surface area contributed by atoms with Crippen LogP contribution in [-0.4, -0.2) is 34.5 Å². The monoisotopic (exact) mass is 556 g/mol. The zero-order valence-corrected chi connectivity index (χ0v) is 21.3. The van der Waals surface area contributed by atoms with Crippen LogP contribution in [0.15, 0.2) is 83.5 Å². The molecule has 8 heteroatoms. The first-order valence-electron chi connectivity index (χ1n) is 11.9. The second-order valence-electron chi connectivity index (χ2n) is 9.30. The Labute approximate surface area is 221 Å². The summed E-state index contributed by atoms with van der Waals surface area (Å²) < 4.78 is 5.92. The maximum Gasteiger partial charge on any atom is 0.308 e. The van der Waals surface area contributed by atoms with Crippen molar-refractivity contribution in [1.82, 2.24) is 4.90 Å². The quantitative estimate of drug-likeness (QED) is 0.199. The van der Waals surface area contributed by atoms with Crippen molar-refractivity contribution in [1.29, 1.82) is 0 Å². The number of hydrogen-bond acceptors (Lipinski definition) is 6. The smallest absolute Gasteiger partial charge is 0.308 e. The van der Waals surface area contributed by atoms with E-state index < -0.39 is 29.9 Å². The fourth-order valence-corrected chi connectivity index (χ4v) is 5.99. The van der Waals surface area contributed by atoms with Crippen LogP contribution in [0.2, 0.25) is 0 Å². The summed E-state index contributed by atoms with van der Waals surface area (Å²) in [7, 11) is 0. The summed E-state index contributed by atoms with van der Waals surface area (Å²) in [6, 6.07) is 19.7. The lowest BCUT2D eigenvalue weighted by Gasteiger charge is -2.35. The van der Waals surface area contributed by atoms with Gasteiger partial charge in [-0.15, -0.1) is 0 Å². The summed E-state index contributed by atoms with van der Waals surface area (Å²) in [5.41, 5.74) is 2.73. The highest BCUT2D eigenvalue weighted by atomic mass is 79.9. The van der Waals surface area contributed by atoms with E-state index in [0.717, 1.165) is 15.6 Å². The molecule has 0 aliphatic carbocycles. The Balaban J connectivity index is 1.44. The Kier molecular flexibility index (Phi) is 5.56. The molecule has 6 rings (SSSR count). The van der Waals surface area contributed by atoms with Gasteiger partial charge in [0.25, 0.3) is 0 Å².